The number of morpholine rings is 2. The molecule has 3 saturated heterocycles. The third-order valence-electron chi connectivity index (χ3n) is 7.99. The lowest BCUT2D eigenvalue weighted by molar-refractivity contribution is 0.0374. The second-order valence-electron chi connectivity index (χ2n) is 10.3. The molecule has 0 atom stereocenters. The summed E-state index contributed by atoms with van der Waals surface area (Å²) in [6.07, 6.45) is 4.74. The molecule has 0 unspecified atom stereocenters. The molecule has 0 aromatic heterocycles. The monoisotopic (exact) mass is 492 g/mol. The van der Waals surface area contributed by atoms with Crippen LogP contribution >= 0.6 is 0 Å². The van der Waals surface area contributed by atoms with Gasteiger partial charge in [-0.15, -0.1) is 0 Å². The van der Waals surface area contributed by atoms with E-state index in [1.807, 2.05) is 0 Å². The van der Waals surface area contributed by atoms with E-state index in [0.717, 1.165) is 91.6 Å². The van der Waals surface area contributed by atoms with E-state index in [0.29, 0.717) is 0 Å². The van der Waals surface area contributed by atoms with E-state index < -0.39 is 0 Å². The maximum atomic E-state index is 5.50. The summed E-state index contributed by atoms with van der Waals surface area (Å²) in [7, 11) is 0. The van der Waals surface area contributed by atoms with Crippen molar-refractivity contribution in [2.75, 3.05) is 102 Å². The molecule has 0 saturated carbocycles. The Bertz CT molecular complexity index is 843. The third kappa shape index (κ3) is 7.00. The summed E-state index contributed by atoms with van der Waals surface area (Å²) in [5.74, 6) is 0. The molecule has 0 amide bonds. The fourth-order valence-corrected chi connectivity index (χ4v) is 5.89. The molecule has 5 rings (SSSR count). The molecule has 2 aromatic carbocycles. The quantitative estimate of drug-likeness (QED) is 0.504. The lowest BCUT2D eigenvalue weighted by Gasteiger charge is -2.39. The van der Waals surface area contributed by atoms with E-state index in [-0.39, 0.29) is 0 Å². The molecule has 3 aliphatic rings. The number of hydrogen-bond donors (Lipinski definition) is 0. The number of piperazine rings is 1. The summed E-state index contributed by atoms with van der Waals surface area (Å²) in [5.41, 5.74) is 5.89. The Hall–Kier alpha value is -2.12. The lowest BCUT2D eigenvalue weighted by Crippen LogP contribution is -2.47. The molecule has 0 N–H and O–H groups in total. The second-order valence-corrected chi connectivity index (χ2v) is 10.3. The van der Waals surface area contributed by atoms with Crippen LogP contribution in [0.5, 0.6) is 0 Å². The third-order valence-corrected chi connectivity index (χ3v) is 7.99. The van der Waals surface area contributed by atoms with Crippen molar-refractivity contribution < 1.29 is 9.47 Å². The Kier molecular flexibility index (Phi) is 9.52. The SMILES string of the molecule is c1ccc(N2CCN(c3ccccc3CCCN3CCOCC3)CC2)c(CCCN2CCOCC2)c1. The van der Waals surface area contributed by atoms with Gasteiger partial charge in [0.15, 0.2) is 0 Å². The molecule has 0 aliphatic carbocycles. The van der Waals surface area contributed by atoms with Gasteiger partial charge in [0.2, 0.25) is 0 Å². The number of benzene rings is 2. The Labute approximate surface area is 217 Å². The van der Waals surface area contributed by atoms with Gasteiger partial charge in [0.25, 0.3) is 0 Å². The molecule has 0 spiro atoms. The maximum absolute atomic E-state index is 5.50. The topological polar surface area (TPSA) is 31.4 Å². The minimum absolute atomic E-state index is 0.887. The largest absolute Gasteiger partial charge is 0.379 e. The Morgan fingerprint density at radius 3 is 1.31 bits per heavy atom. The summed E-state index contributed by atoms with van der Waals surface area (Å²) >= 11 is 0. The average molecular weight is 493 g/mol. The van der Waals surface area contributed by atoms with Crippen molar-refractivity contribution in [2.24, 2.45) is 0 Å². The summed E-state index contributed by atoms with van der Waals surface area (Å²) < 4.78 is 11.0. The van der Waals surface area contributed by atoms with Crippen molar-refractivity contribution in [2.45, 2.75) is 25.7 Å². The van der Waals surface area contributed by atoms with Gasteiger partial charge in [-0.25, -0.2) is 0 Å². The van der Waals surface area contributed by atoms with Gasteiger partial charge in [0.1, 0.15) is 0 Å². The van der Waals surface area contributed by atoms with Gasteiger partial charge in [-0.2, -0.15) is 0 Å². The zero-order valence-electron chi connectivity index (χ0n) is 22.0. The Morgan fingerprint density at radius 1 is 0.500 bits per heavy atom. The van der Waals surface area contributed by atoms with E-state index >= 15 is 0 Å². The Morgan fingerprint density at radius 2 is 0.889 bits per heavy atom. The zero-order valence-corrected chi connectivity index (χ0v) is 22.0. The predicted molar refractivity (Wildman–Crippen MR) is 148 cm³/mol. The molecule has 3 fully saturated rings. The van der Waals surface area contributed by atoms with Gasteiger partial charge < -0.3 is 19.3 Å². The molecule has 6 heteroatoms. The normalized spacial score (nSPS) is 20.1. The molecular weight excluding hydrogens is 448 g/mol. The van der Waals surface area contributed by atoms with Crippen LogP contribution in [0.4, 0.5) is 11.4 Å². The van der Waals surface area contributed by atoms with E-state index in [1.165, 1.54) is 48.4 Å². The summed E-state index contributed by atoms with van der Waals surface area (Å²) in [4.78, 5) is 10.3. The minimum atomic E-state index is 0.887. The number of hydrogen-bond acceptors (Lipinski definition) is 6. The van der Waals surface area contributed by atoms with E-state index in [2.05, 4.69) is 68.1 Å². The fraction of sp³-hybridized carbons (Fsp3) is 0.600. The molecule has 6 nitrogen and oxygen atoms in total. The average Bonchev–Trinajstić information content (AvgIpc) is 2.95. The standard InChI is InChI=1S/C30H44N4O2/c1-3-11-29(27(7-1)9-5-13-31-19-23-35-24-20-31)33-15-17-34(18-16-33)30-12-4-2-8-28(30)10-6-14-32-21-25-36-26-22-32/h1-4,7-8,11-12H,5-6,9-10,13-26H2. The van der Waals surface area contributed by atoms with Crippen LogP contribution in [0.15, 0.2) is 48.5 Å². The predicted octanol–water partition coefficient (Wildman–Crippen LogP) is 3.54. The molecule has 36 heavy (non-hydrogen) atoms. The van der Waals surface area contributed by atoms with Crippen LogP contribution in [-0.4, -0.2) is 102 Å². The second kappa shape index (κ2) is 13.4. The Balaban J connectivity index is 1.13. The van der Waals surface area contributed by atoms with Crippen molar-refractivity contribution in [3.05, 3.63) is 59.7 Å². The van der Waals surface area contributed by atoms with Crippen LogP contribution in [0.25, 0.3) is 0 Å². The molecule has 0 bridgehead atoms. The van der Waals surface area contributed by atoms with Gasteiger partial charge in [0, 0.05) is 63.7 Å². The van der Waals surface area contributed by atoms with E-state index in [1.54, 1.807) is 0 Å². The smallest absolute Gasteiger partial charge is 0.0594 e. The van der Waals surface area contributed by atoms with Crippen LogP contribution in [-0.2, 0) is 22.3 Å². The first-order valence-corrected chi connectivity index (χ1v) is 14.1. The zero-order chi connectivity index (χ0) is 24.4. The molecule has 3 aliphatic heterocycles. The van der Waals surface area contributed by atoms with Crippen molar-refractivity contribution in [1.29, 1.82) is 0 Å². The van der Waals surface area contributed by atoms with Gasteiger partial charge in [-0.3, -0.25) is 9.80 Å². The van der Waals surface area contributed by atoms with Gasteiger partial charge >= 0.3 is 0 Å². The number of aryl methyl sites for hydroxylation is 2. The lowest BCUT2D eigenvalue weighted by atomic mass is 10.0. The fourth-order valence-electron chi connectivity index (χ4n) is 5.89. The maximum Gasteiger partial charge on any atom is 0.0594 e. The minimum Gasteiger partial charge on any atom is -0.379 e. The molecule has 0 radical (unpaired) electrons. The first-order valence-electron chi connectivity index (χ1n) is 14.1. The van der Waals surface area contributed by atoms with Crippen molar-refractivity contribution in [1.82, 2.24) is 9.80 Å². The van der Waals surface area contributed by atoms with Crippen molar-refractivity contribution in [3.63, 3.8) is 0 Å². The summed E-state index contributed by atoms with van der Waals surface area (Å²) in [6, 6.07) is 18.2. The van der Waals surface area contributed by atoms with Gasteiger partial charge in [-0.1, -0.05) is 36.4 Å². The number of anilines is 2. The highest BCUT2D eigenvalue weighted by Crippen LogP contribution is 2.27. The highest BCUT2D eigenvalue weighted by atomic mass is 16.5. The van der Waals surface area contributed by atoms with Crippen LogP contribution < -0.4 is 9.80 Å². The van der Waals surface area contributed by atoms with Gasteiger partial charge in [-0.05, 0) is 62.0 Å². The van der Waals surface area contributed by atoms with Crippen LogP contribution in [0, 0.1) is 0 Å². The first-order chi connectivity index (χ1) is 17.9. The van der Waals surface area contributed by atoms with E-state index in [4.69, 9.17) is 9.47 Å². The number of nitrogens with zero attached hydrogens (tertiary/aromatic N) is 4. The van der Waals surface area contributed by atoms with E-state index in [9.17, 15) is 0 Å². The molecule has 196 valence electrons. The molecular formula is C30H44N4O2. The highest BCUT2D eigenvalue weighted by molar-refractivity contribution is 5.58. The van der Waals surface area contributed by atoms with Crippen LogP contribution in [0.1, 0.15) is 24.0 Å². The van der Waals surface area contributed by atoms with Crippen LogP contribution in [0.3, 0.4) is 0 Å². The highest BCUT2D eigenvalue weighted by Gasteiger charge is 2.21. The van der Waals surface area contributed by atoms with Crippen molar-refractivity contribution >= 4 is 11.4 Å². The first kappa shape index (κ1) is 25.5. The number of para-hydroxylation sites is 2. The molecule has 3 heterocycles. The summed E-state index contributed by atoms with van der Waals surface area (Å²) in [5, 5.41) is 0. The summed E-state index contributed by atoms with van der Waals surface area (Å²) in [6.45, 7) is 14.6. The van der Waals surface area contributed by atoms with Gasteiger partial charge in [0.05, 0.1) is 26.4 Å². The van der Waals surface area contributed by atoms with Crippen LogP contribution in [0.2, 0.25) is 0 Å². The molecule has 2 aromatic rings. The number of ether oxygens (including phenoxy) is 2. The van der Waals surface area contributed by atoms with Crippen molar-refractivity contribution in [3.8, 4) is 0 Å². The number of rotatable bonds is 10.